The Bertz CT molecular complexity index is 1160. The Kier molecular flexibility index (Phi) is 5.77. The molecule has 1 amide bonds. The second-order valence-corrected chi connectivity index (χ2v) is 6.88. The molecule has 0 unspecified atom stereocenters. The number of amides is 1. The van der Waals surface area contributed by atoms with E-state index >= 15 is 0 Å². The summed E-state index contributed by atoms with van der Waals surface area (Å²) in [6.07, 6.45) is 0. The predicted molar refractivity (Wildman–Crippen MR) is 113 cm³/mol. The number of benzene rings is 3. The van der Waals surface area contributed by atoms with Crippen molar-refractivity contribution in [2.45, 2.75) is 6.04 Å². The molecule has 1 N–H and O–H groups in total. The minimum atomic E-state index is -0.720. The fourth-order valence-electron chi connectivity index (χ4n) is 3.01. The third-order valence-electron chi connectivity index (χ3n) is 4.53. The summed E-state index contributed by atoms with van der Waals surface area (Å²) >= 11 is 6.41. The van der Waals surface area contributed by atoms with E-state index in [1.165, 1.54) is 0 Å². The highest BCUT2D eigenvalue weighted by atomic mass is 35.5. The normalized spacial score (nSPS) is 11.7. The summed E-state index contributed by atoms with van der Waals surface area (Å²) in [6, 6.07) is 22.8. The number of aromatic nitrogens is 2. The number of hydrogen-bond acceptors (Lipinski definition) is 5. The highest BCUT2D eigenvalue weighted by Crippen LogP contribution is 2.30. The molecule has 0 radical (unpaired) electrons. The number of methoxy groups -OCH3 is 1. The fourth-order valence-corrected chi connectivity index (χ4v) is 3.25. The molecule has 0 bridgehead atoms. The molecule has 1 heterocycles. The molecule has 1 aromatic heterocycles. The molecule has 3 aromatic carbocycles. The van der Waals surface area contributed by atoms with E-state index in [2.05, 4.69) is 15.5 Å². The minimum Gasteiger partial charge on any atom is -0.497 e. The number of nitrogens with zero attached hydrogens (tertiary/aromatic N) is 2. The Morgan fingerprint density at radius 2 is 1.77 bits per heavy atom. The number of rotatable bonds is 6. The van der Waals surface area contributed by atoms with Crippen molar-refractivity contribution in [1.29, 1.82) is 0 Å². The Labute approximate surface area is 178 Å². The molecule has 30 heavy (non-hydrogen) atoms. The van der Waals surface area contributed by atoms with Gasteiger partial charge in [-0.25, -0.2) is 0 Å². The van der Waals surface area contributed by atoms with E-state index < -0.39 is 6.04 Å². The molecular weight excluding hydrogens is 402 g/mol. The molecule has 0 spiro atoms. The zero-order valence-corrected chi connectivity index (χ0v) is 16.8. The summed E-state index contributed by atoms with van der Waals surface area (Å²) in [7, 11) is 1.55. The Balaban J connectivity index is 1.70. The second-order valence-electron chi connectivity index (χ2n) is 6.47. The monoisotopic (exact) mass is 419 g/mol. The smallest absolute Gasteiger partial charge is 0.252 e. The Hall–Kier alpha value is -3.64. The van der Waals surface area contributed by atoms with Crippen LogP contribution in [0.3, 0.4) is 0 Å². The molecule has 0 saturated heterocycles. The average Bonchev–Trinajstić information content (AvgIpc) is 3.28. The zero-order valence-electron chi connectivity index (χ0n) is 16.1. The first kappa shape index (κ1) is 19.7. The summed E-state index contributed by atoms with van der Waals surface area (Å²) in [4.78, 5) is 13.0. The highest BCUT2D eigenvalue weighted by molar-refractivity contribution is 6.31. The largest absolute Gasteiger partial charge is 0.497 e. The molecule has 4 rings (SSSR count). The van der Waals surface area contributed by atoms with Gasteiger partial charge in [0.1, 0.15) is 11.8 Å². The lowest BCUT2D eigenvalue weighted by Gasteiger charge is -2.17. The number of nitrogens with one attached hydrogen (secondary N) is 1. The van der Waals surface area contributed by atoms with E-state index in [0.29, 0.717) is 27.8 Å². The average molecular weight is 420 g/mol. The van der Waals surface area contributed by atoms with Gasteiger partial charge in [-0.3, -0.25) is 4.79 Å². The lowest BCUT2D eigenvalue weighted by molar-refractivity contribution is 0.0937. The van der Waals surface area contributed by atoms with Crippen LogP contribution in [0.25, 0.3) is 11.5 Å². The summed E-state index contributed by atoms with van der Waals surface area (Å²) in [5.41, 5.74) is 1.88. The topological polar surface area (TPSA) is 77.2 Å². The summed E-state index contributed by atoms with van der Waals surface area (Å²) in [5.74, 6) is 0.857. The van der Waals surface area contributed by atoms with Crippen molar-refractivity contribution in [2.24, 2.45) is 0 Å². The molecule has 150 valence electrons. The van der Waals surface area contributed by atoms with Gasteiger partial charge >= 0.3 is 0 Å². The van der Waals surface area contributed by atoms with E-state index in [-0.39, 0.29) is 11.8 Å². The number of carbonyl (C=O) groups is 1. The summed E-state index contributed by atoms with van der Waals surface area (Å²) in [5, 5.41) is 11.7. The molecule has 6 nitrogen and oxygen atoms in total. The van der Waals surface area contributed by atoms with Crippen LogP contribution in [0.5, 0.6) is 5.75 Å². The van der Waals surface area contributed by atoms with Gasteiger partial charge in [0.2, 0.25) is 11.8 Å². The molecular formula is C23H18ClN3O3. The SMILES string of the molecule is COc1cccc(C(=O)N[C@H](c2nnc(-c3ccccc3)o2)c2ccccc2Cl)c1. The number of hydrogen-bond donors (Lipinski definition) is 1. The van der Waals surface area contributed by atoms with Gasteiger partial charge in [0.15, 0.2) is 0 Å². The van der Waals surface area contributed by atoms with E-state index in [1.807, 2.05) is 48.5 Å². The number of ether oxygens (including phenoxy) is 1. The molecule has 0 saturated carbocycles. The quantitative estimate of drug-likeness (QED) is 0.480. The molecule has 0 fully saturated rings. The van der Waals surface area contributed by atoms with E-state index in [4.69, 9.17) is 20.8 Å². The van der Waals surface area contributed by atoms with Crippen molar-refractivity contribution >= 4 is 17.5 Å². The molecule has 0 aliphatic heterocycles. The van der Waals surface area contributed by atoms with Gasteiger partial charge in [-0.2, -0.15) is 0 Å². The van der Waals surface area contributed by atoms with Crippen LogP contribution in [0.2, 0.25) is 5.02 Å². The van der Waals surface area contributed by atoms with Crippen LogP contribution in [0, 0.1) is 0 Å². The van der Waals surface area contributed by atoms with Crippen molar-refractivity contribution in [1.82, 2.24) is 15.5 Å². The van der Waals surface area contributed by atoms with Crippen LogP contribution >= 0.6 is 11.6 Å². The molecule has 0 aliphatic carbocycles. The van der Waals surface area contributed by atoms with Crippen molar-refractivity contribution in [3.63, 3.8) is 0 Å². The number of carbonyl (C=O) groups excluding carboxylic acids is 1. The van der Waals surface area contributed by atoms with Crippen LogP contribution < -0.4 is 10.1 Å². The maximum atomic E-state index is 13.0. The predicted octanol–water partition coefficient (Wildman–Crippen LogP) is 4.92. The van der Waals surface area contributed by atoms with Crippen LogP contribution in [0.4, 0.5) is 0 Å². The third kappa shape index (κ3) is 4.18. The standard InChI is InChI=1S/C23H18ClN3O3/c1-29-17-11-7-10-16(14-17)21(28)25-20(18-12-5-6-13-19(18)24)23-27-26-22(30-23)15-8-3-2-4-9-15/h2-14,20H,1H3,(H,25,28)/t20-/m0/s1. The lowest BCUT2D eigenvalue weighted by atomic mass is 10.1. The van der Waals surface area contributed by atoms with Gasteiger partial charge in [-0.05, 0) is 36.4 Å². The van der Waals surface area contributed by atoms with Gasteiger partial charge in [0.05, 0.1) is 7.11 Å². The highest BCUT2D eigenvalue weighted by Gasteiger charge is 2.26. The van der Waals surface area contributed by atoms with Crippen LogP contribution in [0.1, 0.15) is 27.9 Å². The number of halogens is 1. The van der Waals surface area contributed by atoms with E-state index in [1.54, 1.807) is 37.4 Å². The van der Waals surface area contributed by atoms with E-state index in [9.17, 15) is 4.79 Å². The van der Waals surface area contributed by atoms with Crippen LogP contribution in [-0.4, -0.2) is 23.2 Å². The molecule has 0 aliphatic rings. The maximum Gasteiger partial charge on any atom is 0.252 e. The van der Waals surface area contributed by atoms with Gasteiger partial charge in [0.25, 0.3) is 5.91 Å². The van der Waals surface area contributed by atoms with Gasteiger partial charge in [-0.1, -0.05) is 54.1 Å². The van der Waals surface area contributed by atoms with Gasteiger partial charge < -0.3 is 14.5 Å². The Morgan fingerprint density at radius 1 is 1.00 bits per heavy atom. The summed E-state index contributed by atoms with van der Waals surface area (Å²) < 4.78 is 11.1. The van der Waals surface area contributed by atoms with Crippen LogP contribution in [-0.2, 0) is 0 Å². The van der Waals surface area contributed by atoms with Crippen molar-refractivity contribution in [3.05, 3.63) is 101 Å². The maximum absolute atomic E-state index is 13.0. The Morgan fingerprint density at radius 3 is 2.53 bits per heavy atom. The van der Waals surface area contributed by atoms with Gasteiger partial charge in [-0.15, -0.1) is 10.2 Å². The fraction of sp³-hybridized carbons (Fsp3) is 0.0870. The first-order chi connectivity index (χ1) is 14.7. The van der Waals surface area contributed by atoms with Gasteiger partial charge in [0, 0.05) is 21.7 Å². The second kappa shape index (κ2) is 8.80. The molecule has 7 heteroatoms. The van der Waals surface area contributed by atoms with Crippen molar-refractivity contribution < 1.29 is 13.9 Å². The zero-order chi connectivity index (χ0) is 20.9. The van der Waals surface area contributed by atoms with Crippen molar-refractivity contribution in [2.75, 3.05) is 7.11 Å². The van der Waals surface area contributed by atoms with Crippen LogP contribution in [0.15, 0.2) is 83.3 Å². The summed E-state index contributed by atoms with van der Waals surface area (Å²) in [6.45, 7) is 0. The first-order valence-corrected chi connectivity index (χ1v) is 9.61. The molecule has 1 atom stereocenters. The third-order valence-corrected chi connectivity index (χ3v) is 4.88. The minimum absolute atomic E-state index is 0.234. The lowest BCUT2D eigenvalue weighted by Crippen LogP contribution is -2.29. The first-order valence-electron chi connectivity index (χ1n) is 9.24. The van der Waals surface area contributed by atoms with E-state index in [0.717, 1.165) is 5.56 Å². The van der Waals surface area contributed by atoms with Crippen molar-refractivity contribution in [3.8, 4) is 17.2 Å². The molecule has 4 aromatic rings.